The van der Waals surface area contributed by atoms with Gasteiger partial charge in [-0.1, -0.05) is 0 Å². The summed E-state index contributed by atoms with van der Waals surface area (Å²) in [6.45, 7) is 5.83. The number of carbonyl (C=O) groups excluding carboxylic acids is 1. The van der Waals surface area contributed by atoms with Crippen LogP contribution in [0.1, 0.15) is 35.9 Å². The number of aromatic nitrogens is 3. The Morgan fingerprint density at radius 3 is 2.71 bits per heavy atom. The number of hydrogen-bond acceptors (Lipinski definition) is 5. The molecule has 130 valence electrons. The van der Waals surface area contributed by atoms with Gasteiger partial charge in [0.1, 0.15) is 6.54 Å². The third-order valence-electron chi connectivity index (χ3n) is 3.59. The average molecular weight is 334 g/mol. The van der Waals surface area contributed by atoms with Crippen LogP contribution in [0.2, 0.25) is 0 Å². The van der Waals surface area contributed by atoms with E-state index in [0.29, 0.717) is 22.3 Å². The first-order chi connectivity index (χ1) is 11.3. The first kappa shape index (κ1) is 17.9. The van der Waals surface area contributed by atoms with Crippen molar-refractivity contribution in [3.05, 3.63) is 23.5 Å². The highest BCUT2D eigenvalue weighted by atomic mass is 16.5. The van der Waals surface area contributed by atoms with E-state index in [0.717, 1.165) is 0 Å². The lowest BCUT2D eigenvalue weighted by molar-refractivity contribution is -0.137. The van der Waals surface area contributed by atoms with Crippen LogP contribution in [0.4, 0.5) is 0 Å². The van der Waals surface area contributed by atoms with Crippen LogP contribution in [0.25, 0.3) is 11.0 Å². The molecule has 0 saturated carbocycles. The van der Waals surface area contributed by atoms with Crippen LogP contribution in [-0.2, 0) is 9.53 Å². The summed E-state index contributed by atoms with van der Waals surface area (Å²) in [5.74, 6) is -1.44. The lowest BCUT2D eigenvalue weighted by Crippen LogP contribution is -2.38. The Kier molecular flexibility index (Phi) is 5.50. The van der Waals surface area contributed by atoms with Crippen molar-refractivity contribution in [2.45, 2.75) is 26.8 Å². The first-order valence-electron chi connectivity index (χ1n) is 7.70. The van der Waals surface area contributed by atoms with Crippen molar-refractivity contribution in [3.8, 4) is 0 Å². The van der Waals surface area contributed by atoms with Crippen LogP contribution in [0.5, 0.6) is 0 Å². The molecule has 0 fully saturated rings. The predicted molar refractivity (Wildman–Crippen MR) is 88.1 cm³/mol. The Balaban J connectivity index is 2.48. The summed E-state index contributed by atoms with van der Waals surface area (Å²) in [6.07, 6.45) is 1.60. The zero-order valence-electron chi connectivity index (χ0n) is 14.3. The number of carbonyl (C=O) groups is 2. The quantitative estimate of drug-likeness (QED) is 0.824. The van der Waals surface area contributed by atoms with Crippen LogP contribution in [0, 0.1) is 6.92 Å². The Hall–Kier alpha value is -2.48. The van der Waals surface area contributed by atoms with E-state index in [4.69, 9.17) is 9.84 Å². The van der Waals surface area contributed by atoms with Gasteiger partial charge in [-0.15, -0.1) is 0 Å². The predicted octanol–water partition coefficient (Wildman–Crippen LogP) is 1.49. The second kappa shape index (κ2) is 7.39. The van der Waals surface area contributed by atoms with Gasteiger partial charge in [-0.2, -0.15) is 5.10 Å². The van der Waals surface area contributed by atoms with E-state index in [1.807, 2.05) is 13.8 Å². The van der Waals surface area contributed by atoms with Crippen molar-refractivity contribution < 1.29 is 19.4 Å². The van der Waals surface area contributed by atoms with Gasteiger partial charge in [0.25, 0.3) is 5.91 Å². The monoisotopic (exact) mass is 334 g/mol. The number of hydrogen-bond donors (Lipinski definition) is 1. The maximum Gasteiger partial charge on any atom is 0.323 e. The number of carboxylic acid groups (broad SMARTS) is 1. The molecule has 0 bridgehead atoms. The number of methoxy groups -OCH3 is 1. The molecular weight excluding hydrogens is 312 g/mol. The summed E-state index contributed by atoms with van der Waals surface area (Å²) in [5.41, 5.74) is 1.70. The molecule has 8 heteroatoms. The van der Waals surface area contributed by atoms with E-state index >= 15 is 0 Å². The second-order valence-electron chi connectivity index (χ2n) is 5.84. The van der Waals surface area contributed by atoms with Gasteiger partial charge in [0.2, 0.25) is 0 Å². The number of aryl methyl sites for hydroxylation is 1. The fourth-order valence-electron chi connectivity index (χ4n) is 2.49. The highest BCUT2D eigenvalue weighted by Gasteiger charge is 2.23. The highest BCUT2D eigenvalue weighted by Crippen LogP contribution is 2.22. The van der Waals surface area contributed by atoms with Gasteiger partial charge < -0.3 is 14.7 Å². The Bertz CT molecular complexity index is 754. The molecule has 0 saturated heterocycles. The van der Waals surface area contributed by atoms with Crippen LogP contribution in [0.3, 0.4) is 0 Å². The minimum atomic E-state index is -1.07. The van der Waals surface area contributed by atoms with E-state index < -0.39 is 5.97 Å². The molecule has 2 aromatic heterocycles. The normalized spacial score (nSPS) is 11.2. The van der Waals surface area contributed by atoms with E-state index in [1.54, 1.807) is 23.9 Å². The van der Waals surface area contributed by atoms with E-state index in [1.165, 1.54) is 12.0 Å². The molecule has 8 nitrogen and oxygen atoms in total. The standard InChI is InChI=1S/C16H22N4O4/c1-10(2)20-15-13(8-17-20)12(7-11(3)18-15)16(23)19(5-6-24-4)9-14(21)22/h7-8,10H,5-6,9H2,1-4H3,(H,21,22). The third-order valence-corrected chi connectivity index (χ3v) is 3.59. The maximum absolute atomic E-state index is 12.9. The van der Waals surface area contributed by atoms with Crippen molar-refractivity contribution >= 4 is 22.9 Å². The third kappa shape index (κ3) is 3.70. The van der Waals surface area contributed by atoms with Gasteiger partial charge in [0, 0.05) is 25.4 Å². The number of fused-ring (bicyclic) bond motifs is 1. The Morgan fingerprint density at radius 1 is 1.42 bits per heavy atom. The lowest BCUT2D eigenvalue weighted by Gasteiger charge is -2.21. The summed E-state index contributed by atoms with van der Waals surface area (Å²) < 4.78 is 6.72. The SMILES string of the molecule is COCCN(CC(=O)O)C(=O)c1cc(C)nc2c1cnn2C(C)C. The van der Waals surface area contributed by atoms with Crippen molar-refractivity contribution in [1.82, 2.24) is 19.7 Å². The van der Waals surface area contributed by atoms with Crippen molar-refractivity contribution in [1.29, 1.82) is 0 Å². The maximum atomic E-state index is 12.9. The van der Waals surface area contributed by atoms with Gasteiger partial charge in [0.05, 0.1) is 23.8 Å². The number of ether oxygens (including phenoxy) is 1. The summed E-state index contributed by atoms with van der Waals surface area (Å²) in [4.78, 5) is 29.7. The number of amides is 1. The Labute approximate surface area is 140 Å². The summed E-state index contributed by atoms with van der Waals surface area (Å²) in [5, 5.41) is 14.0. The lowest BCUT2D eigenvalue weighted by atomic mass is 10.1. The van der Waals surface area contributed by atoms with E-state index in [9.17, 15) is 9.59 Å². The molecule has 24 heavy (non-hydrogen) atoms. The minimum Gasteiger partial charge on any atom is -0.480 e. The number of rotatable bonds is 7. The zero-order valence-corrected chi connectivity index (χ0v) is 14.3. The molecule has 1 N–H and O–H groups in total. The summed E-state index contributed by atoms with van der Waals surface area (Å²) in [6, 6.07) is 1.77. The zero-order chi connectivity index (χ0) is 17.9. The Morgan fingerprint density at radius 2 is 2.12 bits per heavy atom. The van der Waals surface area contributed by atoms with Crippen LogP contribution in [0.15, 0.2) is 12.3 Å². The van der Waals surface area contributed by atoms with Gasteiger partial charge in [-0.3, -0.25) is 9.59 Å². The second-order valence-corrected chi connectivity index (χ2v) is 5.84. The smallest absolute Gasteiger partial charge is 0.323 e. The summed E-state index contributed by atoms with van der Waals surface area (Å²) >= 11 is 0. The number of carboxylic acids is 1. The molecular formula is C16H22N4O4. The molecule has 0 unspecified atom stereocenters. The molecule has 0 aliphatic rings. The van der Waals surface area contributed by atoms with Gasteiger partial charge in [0.15, 0.2) is 5.65 Å². The molecule has 0 radical (unpaired) electrons. The van der Waals surface area contributed by atoms with Crippen molar-refractivity contribution in [2.24, 2.45) is 0 Å². The van der Waals surface area contributed by atoms with Crippen LogP contribution >= 0.6 is 0 Å². The molecule has 0 aromatic carbocycles. The van der Waals surface area contributed by atoms with Crippen molar-refractivity contribution in [2.75, 3.05) is 26.8 Å². The molecule has 0 aliphatic heterocycles. The molecule has 0 aliphatic carbocycles. The molecule has 1 amide bonds. The molecule has 0 atom stereocenters. The van der Waals surface area contributed by atoms with Gasteiger partial charge in [-0.05, 0) is 26.8 Å². The number of aliphatic carboxylic acids is 1. The van der Waals surface area contributed by atoms with Crippen LogP contribution in [-0.4, -0.2) is 63.5 Å². The van der Waals surface area contributed by atoms with Gasteiger partial charge in [-0.25, -0.2) is 9.67 Å². The minimum absolute atomic E-state index is 0.100. The fraction of sp³-hybridized carbons (Fsp3) is 0.500. The first-order valence-corrected chi connectivity index (χ1v) is 7.70. The van der Waals surface area contributed by atoms with E-state index in [2.05, 4.69) is 10.1 Å². The molecule has 0 spiro atoms. The fourth-order valence-corrected chi connectivity index (χ4v) is 2.49. The molecule has 2 heterocycles. The number of nitrogens with zero attached hydrogens (tertiary/aromatic N) is 4. The molecule has 2 rings (SSSR count). The average Bonchev–Trinajstić information content (AvgIpc) is 2.93. The topological polar surface area (TPSA) is 97.6 Å². The highest BCUT2D eigenvalue weighted by molar-refractivity contribution is 6.06. The van der Waals surface area contributed by atoms with E-state index in [-0.39, 0.29) is 31.6 Å². The number of pyridine rings is 1. The van der Waals surface area contributed by atoms with Crippen molar-refractivity contribution in [3.63, 3.8) is 0 Å². The molecule has 2 aromatic rings. The summed E-state index contributed by atoms with van der Waals surface area (Å²) in [7, 11) is 1.50. The van der Waals surface area contributed by atoms with Crippen LogP contribution < -0.4 is 0 Å². The van der Waals surface area contributed by atoms with Gasteiger partial charge >= 0.3 is 5.97 Å². The largest absolute Gasteiger partial charge is 0.480 e.